The molecule has 1 unspecified atom stereocenters. The van der Waals surface area contributed by atoms with Gasteiger partial charge in [0, 0.05) is 25.2 Å². The van der Waals surface area contributed by atoms with Gasteiger partial charge in [0.25, 0.3) is 11.8 Å². The highest BCUT2D eigenvalue weighted by Gasteiger charge is 2.35. The molecule has 1 atom stereocenters. The van der Waals surface area contributed by atoms with E-state index in [-0.39, 0.29) is 13.1 Å². The zero-order chi connectivity index (χ0) is 17.4. The molecule has 1 aliphatic rings. The number of carboxylic acid groups (broad SMARTS) is 1. The summed E-state index contributed by atoms with van der Waals surface area (Å²) in [6, 6.07) is -1.25. The Morgan fingerprint density at radius 3 is 2.26 bits per heavy atom. The zero-order valence-electron chi connectivity index (χ0n) is 12.5. The van der Waals surface area contributed by atoms with Crippen molar-refractivity contribution in [3.63, 3.8) is 0 Å². The van der Waals surface area contributed by atoms with Crippen LogP contribution < -0.4 is 16.0 Å². The highest BCUT2D eigenvalue weighted by atomic mass is 16.4. The topological polar surface area (TPSA) is 145 Å². The van der Waals surface area contributed by atoms with Crippen LogP contribution in [-0.2, 0) is 24.0 Å². The van der Waals surface area contributed by atoms with Crippen molar-refractivity contribution in [1.82, 2.24) is 20.9 Å². The highest BCUT2D eigenvalue weighted by molar-refractivity contribution is 6.15. The van der Waals surface area contributed by atoms with Crippen LogP contribution in [0.1, 0.15) is 6.92 Å². The lowest BCUT2D eigenvalue weighted by Gasteiger charge is -2.25. The Morgan fingerprint density at radius 1 is 1.13 bits per heavy atom. The molecule has 0 radical (unpaired) electrons. The lowest BCUT2D eigenvalue weighted by atomic mass is 10.2. The summed E-state index contributed by atoms with van der Waals surface area (Å²) in [5, 5.41) is 15.8. The molecule has 0 saturated heterocycles. The van der Waals surface area contributed by atoms with E-state index >= 15 is 0 Å². The normalized spacial score (nSPS) is 14.7. The summed E-state index contributed by atoms with van der Waals surface area (Å²) in [7, 11) is 0. The molecule has 0 spiro atoms. The van der Waals surface area contributed by atoms with Crippen molar-refractivity contribution in [3.05, 3.63) is 12.2 Å². The molecule has 1 rings (SSSR count). The SMILES string of the molecule is CCNC(=O)CNC(=O)C(CNCC(=O)O)N1C(=O)C=CC1=O. The monoisotopic (exact) mass is 326 g/mol. The largest absolute Gasteiger partial charge is 0.480 e. The standard InChI is InChI=1S/C13H18N4O6/c1-2-15-9(18)6-16-13(23)8(5-14-7-12(21)22)17-10(19)3-4-11(17)20/h3-4,8,14H,2,5-7H2,1H3,(H,15,18)(H,16,23)(H,21,22). The molecule has 4 amide bonds. The first-order valence-electron chi connectivity index (χ1n) is 6.89. The van der Waals surface area contributed by atoms with Crippen molar-refractivity contribution in [2.45, 2.75) is 13.0 Å². The maximum Gasteiger partial charge on any atom is 0.317 e. The van der Waals surface area contributed by atoms with Crippen molar-refractivity contribution >= 4 is 29.6 Å². The third kappa shape index (κ3) is 5.51. The minimum absolute atomic E-state index is 0.243. The van der Waals surface area contributed by atoms with Crippen LogP contribution in [0.4, 0.5) is 0 Å². The van der Waals surface area contributed by atoms with E-state index in [9.17, 15) is 24.0 Å². The van der Waals surface area contributed by atoms with E-state index < -0.39 is 42.2 Å². The fourth-order valence-electron chi connectivity index (χ4n) is 1.88. The average Bonchev–Trinajstić information content (AvgIpc) is 2.81. The number of imide groups is 1. The van der Waals surface area contributed by atoms with Gasteiger partial charge in [-0.1, -0.05) is 0 Å². The fraction of sp³-hybridized carbons (Fsp3) is 0.462. The van der Waals surface area contributed by atoms with Crippen LogP contribution in [0.25, 0.3) is 0 Å². The highest BCUT2D eigenvalue weighted by Crippen LogP contribution is 2.09. The summed E-state index contributed by atoms with van der Waals surface area (Å²) in [6.07, 6.45) is 2.03. The van der Waals surface area contributed by atoms with Gasteiger partial charge in [0.1, 0.15) is 6.04 Å². The van der Waals surface area contributed by atoms with Gasteiger partial charge in [0.15, 0.2) is 0 Å². The Hall–Kier alpha value is -2.75. The molecule has 4 N–H and O–H groups in total. The third-order valence-electron chi connectivity index (χ3n) is 2.87. The molecule has 23 heavy (non-hydrogen) atoms. The molecule has 0 fully saturated rings. The molecule has 10 heteroatoms. The second-order valence-electron chi connectivity index (χ2n) is 4.59. The fourth-order valence-corrected chi connectivity index (χ4v) is 1.88. The first kappa shape index (κ1) is 18.3. The van der Waals surface area contributed by atoms with Gasteiger partial charge in [-0.3, -0.25) is 28.9 Å². The molecule has 0 aliphatic carbocycles. The Morgan fingerprint density at radius 2 is 1.74 bits per heavy atom. The number of hydrogen-bond acceptors (Lipinski definition) is 6. The maximum atomic E-state index is 12.2. The minimum atomic E-state index is -1.25. The quantitative estimate of drug-likeness (QED) is 0.335. The van der Waals surface area contributed by atoms with Gasteiger partial charge < -0.3 is 21.1 Å². The lowest BCUT2D eigenvalue weighted by molar-refractivity contribution is -0.145. The number of likely N-dealkylation sites (N-methyl/N-ethyl adjacent to an activating group) is 1. The average molecular weight is 326 g/mol. The van der Waals surface area contributed by atoms with Crippen LogP contribution in [0.3, 0.4) is 0 Å². The Bertz CT molecular complexity index is 527. The van der Waals surface area contributed by atoms with E-state index in [0.717, 1.165) is 12.2 Å². The van der Waals surface area contributed by atoms with Gasteiger partial charge in [0.05, 0.1) is 13.1 Å². The van der Waals surface area contributed by atoms with E-state index in [2.05, 4.69) is 16.0 Å². The molecule has 1 aliphatic heterocycles. The molecule has 0 bridgehead atoms. The summed E-state index contributed by atoms with van der Waals surface area (Å²) in [5.41, 5.74) is 0. The lowest BCUT2D eigenvalue weighted by Crippen LogP contribution is -2.55. The predicted octanol–water partition coefficient (Wildman–Crippen LogP) is -2.79. The molecule has 126 valence electrons. The van der Waals surface area contributed by atoms with Crippen LogP contribution in [0.2, 0.25) is 0 Å². The van der Waals surface area contributed by atoms with Crippen LogP contribution in [0, 0.1) is 0 Å². The summed E-state index contributed by atoms with van der Waals surface area (Å²) in [4.78, 5) is 58.1. The Balaban J connectivity index is 2.71. The van der Waals surface area contributed by atoms with Gasteiger partial charge in [-0.15, -0.1) is 0 Å². The summed E-state index contributed by atoms with van der Waals surface area (Å²) in [5.74, 6) is -3.66. The van der Waals surface area contributed by atoms with Crippen molar-refractivity contribution in [2.75, 3.05) is 26.2 Å². The summed E-state index contributed by atoms with van der Waals surface area (Å²) >= 11 is 0. The van der Waals surface area contributed by atoms with Gasteiger partial charge in [-0.25, -0.2) is 0 Å². The number of rotatable bonds is 9. The second-order valence-corrected chi connectivity index (χ2v) is 4.59. The Kier molecular flexibility index (Phi) is 6.87. The second kappa shape index (κ2) is 8.63. The van der Waals surface area contributed by atoms with E-state index in [0.29, 0.717) is 11.4 Å². The molecule has 1 heterocycles. The molecular weight excluding hydrogens is 308 g/mol. The molecule has 0 saturated carbocycles. The summed E-state index contributed by atoms with van der Waals surface area (Å²) < 4.78 is 0. The molecule has 0 aromatic carbocycles. The number of hydrogen-bond donors (Lipinski definition) is 4. The maximum absolute atomic E-state index is 12.2. The predicted molar refractivity (Wildman–Crippen MR) is 77.0 cm³/mol. The molecule has 0 aromatic heterocycles. The molecule has 0 aromatic rings. The molecule has 10 nitrogen and oxygen atoms in total. The van der Waals surface area contributed by atoms with Crippen LogP contribution in [-0.4, -0.2) is 71.8 Å². The summed E-state index contributed by atoms with van der Waals surface area (Å²) in [6.45, 7) is 1.11. The van der Waals surface area contributed by atoms with Crippen LogP contribution in [0.5, 0.6) is 0 Å². The van der Waals surface area contributed by atoms with Gasteiger partial charge >= 0.3 is 5.97 Å². The van der Waals surface area contributed by atoms with Crippen LogP contribution in [0.15, 0.2) is 12.2 Å². The van der Waals surface area contributed by atoms with E-state index in [1.54, 1.807) is 6.92 Å². The number of nitrogens with one attached hydrogen (secondary N) is 3. The van der Waals surface area contributed by atoms with Gasteiger partial charge in [-0.2, -0.15) is 0 Å². The smallest absolute Gasteiger partial charge is 0.317 e. The van der Waals surface area contributed by atoms with Crippen LogP contribution >= 0.6 is 0 Å². The number of aliphatic carboxylic acids is 1. The third-order valence-corrected chi connectivity index (χ3v) is 2.87. The Labute approximate surface area is 131 Å². The first-order valence-corrected chi connectivity index (χ1v) is 6.89. The van der Waals surface area contributed by atoms with Crippen molar-refractivity contribution in [1.29, 1.82) is 0 Å². The number of carboxylic acids is 1. The first-order chi connectivity index (χ1) is 10.9. The minimum Gasteiger partial charge on any atom is -0.480 e. The molecular formula is C13H18N4O6. The van der Waals surface area contributed by atoms with Crippen molar-refractivity contribution in [3.8, 4) is 0 Å². The number of amides is 4. The number of nitrogens with zero attached hydrogens (tertiary/aromatic N) is 1. The van der Waals surface area contributed by atoms with Gasteiger partial charge in [0.2, 0.25) is 11.8 Å². The van der Waals surface area contributed by atoms with Crippen molar-refractivity contribution in [2.24, 2.45) is 0 Å². The van der Waals surface area contributed by atoms with E-state index in [1.165, 1.54) is 0 Å². The van der Waals surface area contributed by atoms with E-state index in [4.69, 9.17) is 5.11 Å². The zero-order valence-corrected chi connectivity index (χ0v) is 12.5. The van der Waals surface area contributed by atoms with Gasteiger partial charge in [-0.05, 0) is 6.92 Å². The van der Waals surface area contributed by atoms with E-state index in [1.807, 2.05) is 0 Å². The van der Waals surface area contributed by atoms with Crippen molar-refractivity contribution < 1.29 is 29.1 Å². The number of carbonyl (C=O) groups is 5. The number of carbonyl (C=O) groups excluding carboxylic acids is 4.